The molecular formula is C13H17FO2. The molecule has 16 heavy (non-hydrogen) atoms. The van der Waals surface area contributed by atoms with Gasteiger partial charge >= 0.3 is 0 Å². The molecule has 1 fully saturated rings. The molecule has 1 aliphatic carbocycles. The van der Waals surface area contributed by atoms with Gasteiger partial charge in [-0.05, 0) is 42.4 Å². The fraction of sp³-hybridized carbons (Fsp3) is 0.538. The fourth-order valence-corrected chi connectivity index (χ4v) is 2.51. The Balaban J connectivity index is 2.31. The van der Waals surface area contributed by atoms with Gasteiger partial charge in [0.15, 0.2) is 11.6 Å². The van der Waals surface area contributed by atoms with Crippen LogP contribution in [-0.2, 0) is 5.41 Å². The van der Waals surface area contributed by atoms with Gasteiger partial charge in [0.1, 0.15) is 0 Å². The zero-order valence-electron chi connectivity index (χ0n) is 9.66. The molecule has 2 rings (SSSR count). The highest BCUT2D eigenvalue weighted by atomic mass is 19.1. The quantitative estimate of drug-likeness (QED) is 0.836. The maximum atomic E-state index is 13.6. The largest absolute Gasteiger partial charge is 0.494 e. The first-order valence-corrected chi connectivity index (χ1v) is 5.57. The van der Waals surface area contributed by atoms with E-state index in [4.69, 9.17) is 4.74 Å². The third-order valence-electron chi connectivity index (χ3n) is 3.56. The van der Waals surface area contributed by atoms with Gasteiger partial charge in [0.2, 0.25) is 0 Å². The maximum Gasteiger partial charge on any atom is 0.165 e. The van der Waals surface area contributed by atoms with Gasteiger partial charge in [-0.2, -0.15) is 0 Å². The van der Waals surface area contributed by atoms with Gasteiger partial charge in [0.05, 0.1) is 13.2 Å². The molecule has 1 aliphatic rings. The van der Waals surface area contributed by atoms with Crippen molar-refractivity contribution in [3.05, 3.63) is 29.6 Å². The Morgan fingerprint density at radius 1 is 1.50 bits per heavy atom. The number of rotatable bonds is 2. The van der Waals surface area contributed by atoms with Gasteiger partial charge in [-0.1, -0.05) is 13.0 Å². The van der Waals surface area contributed by atoms with Gasteiger partial charge in [-0.15, -0.1) is 0 Å². The van der Waals surface area contributed by atoms with Gasteiger partial charge < -0.3 is 9.84 Å². The molecule has 0 radical (unpaired) electrons. The molecule has 1 N–H and O–H groups in total. The van der Waals surface area contributed by atoms with Crippen LogP contribution in [0.15, 0.2) is 18.2 Å². The summed E-state index contributed by atoms with van der Waals surface area (Å²) >= 11 is 0. The van der Waals surface area contributed by atoms with Crippen LogP contribution >= 0.6 is 0 Å². The highest BCUT2D eigenvalue weighted by Gasteiger charge is 2.36. The van der Waals surface area contributed by atoms with Crippen molar-refractivity contribution in [1.82, 2.24) is 0 Å². The molecule has 0 aromatic heterocycles. The molecule has 0 spiro atoms. The first-order valence-electron chi connectivity index (χ1n) is 5.57. The zero-order valence-corrected chi connectivity index (χ0v) is 9.66. The molecule has 1 saturated carbocycles. The van der Waals surface area contributed by atoms with E-state index >= 15 is 0 Å². The van der Waals surface area contributed by atoms with Crippen molar-refractivity contribution in [2.45, 2.75) is 37.7 Å². The molecule has 2 unspecified atom stereocenters. The van der Waals surface area contributed by atoms with E-state index in [1.807, 2.05) is 6.07 Å². The number of hydrogen-bond donors (Lipinski definition) is 1. The number of benzene rings is 1. The van der Waals surface area contributed by atoms with Crippen molar-refractivity contribution < 1.29 is 14.2 Å². The van der Waals surface area contributed by atoms with E-state index in [0.717, 1.165) is 18.4 Å². The van der Waals surface area contributed by atoms with Crippen molar-refractivity contribution in [2.24, 2.45) is 0 Å². The van der Waals surface area contributed by atoms with Crippen LogP contribution in [0.3, 0.4) is 0 Å². The molecule has 0 heterocycles. The zero-order chi connectivity index (χ0) is 11.8. The Hall–Kier alpha value is -1.09. The second-order valence-corrected chi connectivity index (χ2v) is 4.81. The molecule has 1 aromatic rings. The van der Waals surface area contributed by atoms with Gasteiger partial charge in [-0.25, -0.2) is 4.39 Å². The van der Waals surface area contributed by atoms with E-state index in [2.05, 4.69) is 6.92 Å². The van der Waals surface area contributed by atoms with Crippen molar-refractivity contribution >= 4 is 0 Å². The third-order valence-corrected chi connectivity index (χ3v) is 3.56. The Morgan fingerprint density at radius 3 is 2.75 bits per heavy atom. The van der Waals surface area contributed by atoms with E-state index in [1.165, 1.54) is 13.2 Å². The summed E-state index contributed by atoms with van der Waals surface area (Å²) in [6, 6.07) is 5.07. The van der Waals surface area contributed by atoms with E-state index in [-0.39, 0.29) is 23.1 Å². The Labute approximate surface area is 95.1 Å². The lowest BCUT2D eigenvalue weighted by atomic mass is 9.81. The molecular weight excluding hydrogens is 207 g/mol. The predicted octanol–water partition coefficient (Wildman–Crippen LogP) is 2.64. The molecule has 0 bridgehead atoms. The summed E-state index contributed by atoms with van der Waals surface area (Å²) in [5.41, 5.74) is 0.842. The lowest BCUT2D eigenvalue weighted by molar-refractivity contribution is 0.175. The highest BCUT2D eigenvalue weighted by Crippen LogP contribution is 2.41. The van der Waals surface area contributed by atoms with Crippen molar-refractivity contribution in [1.29, 1.82) is 0 Å². The Morgan fingerprint density at radius 2 is 2.25 bits per heavy atom. The highest BCUT2D eigenvalue weighted by molar-refractivity contribution is 5.34. The van der Waals surface area contributed by atoms with E-state index in [1.54, 1.807) is 6.07 Å². The van der Waals surface area contributed by atoms with Crippen LogP contribution in [0.4, 0.5) is 4.39 Å². The van der Waals surface area contributed by atoms with Crippen LogP contribution in [0.25, 0.3) is 0 Å². The average Bonchev–Trinajstić information content (AvgIpc) is 2.60. The van der Waals surface area contributed by atoms with Crippen molar-refractivity contribution in [2.75, 3.05) is 7.11 Å². The normalized spacial score (nSPS) is 29.4. The number of aliphatic hydroxyl groups excluding tert-OH is 1. The molecule has 3 heteroatoms. The lowest BCUT2D eigenvalue weighted by Crippen LogP contribution is -2.19. The minimum absolute atomic E-state index is 0.105. The summed E-state index contributed by atoms with van der Waals surface area (Å²) in [6.45, 7) is 2.07. The SMILES string of the molecule is COc1ccc(C2(C)CCC(O)C2)cc1F. The lowest BCUT2D eigenvalue weighted by Gasteiger charge is -2.24. The van der Waals surface area contributed by atoms with Crippen LogP contribution in [0, 0.1) is 5.82 Å². The van der Waals surface area contributed by atoms with Crippen LogP contribution in [0.1, 0.15) is 31.7 Å². The van der Waals surface area contributed by atoms with Gasteiger partial charge in [0.25, 0.3) is 0 Å². The summed E-state index contributed by atoms with van der Waals surface area (Å²) < 4.78 is 18.5. The summed E-state index contributed by atoms with van der Waals surface area (Å²) in [6.07, 6.45) is 2.15. The molecule has 2 nitrogen and oxygen atoms in total. The third kappa shape index (κ3) is 1.92. The topological polar surface area (TPSA) is 29.5 Å². The van der Waals surface area contributed by atoms with Gasteiger partial charge in [0, 0.05) is 0 Å². The van der Waals surface area contributed by atoms with E-state index in [0.29, 0.717) is 6.42 Å². The van der Waals surface area contributed by atoms with Crippen LogP contribution in [0.5, 0.6) is 5.75 Å². The number of ether oxygens (including phenoxy) is 1. The monoisotopic (exact) mass is 224 g/mol. The summed E-state index contributed by atoms with van der Waals surface area (Å²) in [5, 5.41) is 9.58. The van der Waals surface area contributed by atoms with Crippen molar-refractivity contribution in [3.8, 4) is 5.75 Å². The molecule has 0 aliphatic heterocycles. The average molecular weight is 224 g/mol. The Kier molecular flexibility index (Phi) is 2.89. The smallest absolute Gasteiger partial charge is 0.165 e. The Bertz CT molecular complexity index is 392. The number of aliphatic hydroxyl groups is 1. The van der Waals surface area contributed by atoms with E-state index < -0.39 is 0 Å². The second kappa shape index (κ2) is 4.06. The van der Waals surface area contributed by atoms with Crippen LogP contribution < -0.4 is 4.74 Å². The summed E-state index contributed by atoms with van der Waals surface area (Å²) in [4.78, 5) is 0. The molecule has 0 amide bonds. The number of hydrogen-bond acceptors (Lipinski definition) is 2. The number of halogens is 1. The standard InChI is InChI=1S/C13H17FO2/c1-13(6-5-10(15)8-13)9-3-4-12(16-2)11(14)7-9/h3-4,7,10,15H,5-6,8H2,1-2H3. The minimum Gasteiger partial charge on any atom is -0.494 e. The maximum absolute atomic E-state index is 13.6. The van der Waals surface area contributed by atoms with Crippen LogP contribution in [-0.4, -0.2) is 18.3 Å². The molecule has 2 atom stereocenters. The molecule has 0 saturated heterocycles. The first kappa shape index (κ1) is 11.4. The molecule has 1 aromatic carbocycles. The first-order chi connectivity index (χ1) is 7.55. The minimum atomic E-state index is -0.331. The van der Waals surface area contributed by atoms with E-state index in [9.17, 15) is 9.50 Å². The summed E-state index contributed by atoms with van der Waals surface area (Å²) in [5.74, 6) is -0.0616. The number of methoxy groups -OCH3 is 1. The second-order valence-electron chi connectivity index (χ2n) is 4.81. The van der Waals surface area contributed by atoms with Gasteiger partial charge in [-0.3, -0.25) is 0 Å². The van der Waals surface area contributed by atoms with Crippen molar-refractivity contribution in [3.63, 3.8) is 0 Å². The summed E-state index contributed by atoms with van der Waals surface area (Å²) in [7, 11) is 1.46. The predicted molar refractivity (Wildman–Crippen MR) is 60.2 cm³/mol. The fourth-order valence-electron chi connectivity index (χ4n) is 2.51. The van der Waals surface area contributed by atoms with Crippen LogP contribution in [0.2, 0.25) is 0 Å². The molecule has 88 valence electrons.